The molecule has 2 aromatic rings. The molecule has 1 aliphatic rings. The first kappa shape index (κ1) is 16.7. The summed E-state index contributed by atoms with van der Waals surface area (Å²) in [5.41, 5.74) is 5.90. The average Bonchev–Trinajstić information content (AvgIpc) is 2.72. The van der Waals surface area contributed by atoms with Gasteiger partial charge >= 0.3 is 0 Å². The molecule has 0 radical (unpaired) electrons. The quantitative estimate of drug-likeness (QED) is 0.841. The monoisotopic (exact) mass is 340 g/mol. The predicted octanol–water partition coefficient (Wildman–Crippen LogP) is 4.13. The Bertz CT molecular complexity index is 798. The minimum Gasteiger partial charge on any atom is -0.346 e. The maximum atomic E-state index is 11.4. The van der Waals surface area contributed by atoms with Gasteiger partial charge in [-0.25, -0.2) is 0 Å². The Morgan fingerprint density at radius 3 is 2.88 bits per heavy atom. The Labute approximate surface area is 148 Å². The zero-order valence-corrected chi connectivity index (χ0v) is 14.8. The molecule has 3 rings (SSSR count). The number of benzene rings is 1. The van der Waals surface area contributed by atoms with Crippen LogP contribution < -0.4 is 0 Å². The van der Waals surface area contributed by atoms with Crippen LogP contribution in [0.25, 0.3) is 5.57 Å². The van der Waals surface area contributed by atoms with Crippen molar-refractivity contribution in [1.29, 1.82) is 0 Å². The maximum Gasteiger partial charge on any atom is 0.219 e. The summed E-state index contributed by atoms with van der Waals surface area (Å²) in [5, 5.41) is 0.767. The van der Waals surface area contributed by atoms with Crippen molar-refractivity contribution in [3.8, 4) is 0 Å². The third kappa shape index (κ3) is 3.51. The molecule has 0 N–H and O–H groups in total. The molecule has 3 nitrogen and oxygen atoms in total. The number of pyridine rings is 1. The standard InChI is InChI=1S/C20H21ClN2O/c1-14(24)23(2)12-4-6-19-18-10-9-17(21)13-16(18)8-7-15-5-3-11-22-20(15)19/h3,5-6,9-11,13H,4,7-8,12H2,1-2H3/b19-6-. The largest absolute Gasteiger partial charge is 0.346 e. The molecule has 0 fully saturated rings. The van der Waals surface area contributed by atoms with E-state index in [2.05, 4.69) is 29.3 Å². The van der Waals surface area contributed by atoms with Crippen LogP contribution in [0.3, 0.4) is 0 Å². The molecule has 1 heterocycles. The van der Waals surface area contributed by atoms with E-state index in [-0.39, 0.29) is 5.91 Å². The Morgan fingerprint density at radius 1 is 1.29 bits per heavy atom. The van der Waals surface area contributed by atoms with Crippen LogP contribution in [0.5, 0.6) is 0 Å². The van der Waals surface area contributed by atoms with E-state index in [1.165, 1.54) is 16.7 Å². The lowest BCUT2D eigenvalue weighted by molar-refractivity contribution is -0.127. The Balaban J connectivity index is 2.01. The van der Waals surface area contributed by atoms with Crippen LogP contribution in [0.1, 0.15) is 35.7 Å². The van der Waals surface area contributed by atoms with E-state index in [0.717, 1.165) is 35.6 Å². The lowest BCUT2D eigenvalue weighted by Crippen LogP contribution is -2.24. The molecule has 1 amide bonds. The maximum absolute atomic E-state index is 11.4. The minimum atomic E-state index is 0.0833. The van der Waals surface area contributed by atoms with Crippen LogP contribution in [0, 0.1) is 0 Å². The van der Waals surface area contributed by atoms with Crippen molar-refractivity contribution in [1.82, 2.24) is 9.88 Å². The van der Waals surface area contributed by atoms with Crippen molar-refractivity contribution >= 4 is 23.1 Å². The molecule has 0 bridgehead atoms. The fraction of sp³-hybridized carbons (Fsp3) is 0.300. The lowest BCUT2D eigenvalue weighted by Gasteiger charge is -2.15. The second-order valence-corrected chi connectivity index (χ2v) is 6.60. The fourth-order valence-corrected chi connectivity index (χ4v) is 3.27. The van der Waals surface area contributed by atoms with Crippen molar-refractivity contribution in [3.05, 3.63) is 70.0 Å². The molecule has 0 aliphatic heterocycles. The number of fused-ring (bicyclic) bond motifs is 2. The zero-order valence-electron chi connectivity index (χ0n) is 14.1. The van der Waals surface area contributed by atoms with E-state index in [9.17, 15) is 4.79 Å². The number of hydrogen-bond donors (Lipinski definition) is 0. The van der Waals surface area contributed by atoms with E-state index in [1.54, 1.807) is 11.8 Å². The highest BCUT2D eigenvalue weighted by molar-refractivity contribution is 6.30. The number of carbonyl (C=O) groups excluding carboxylic acids is 1. The van der Waals surface area contributed by atoms with Gasteiger partial charge in [0.25, 0.3) is 0 Å². The van der Waals surface area contributed by atoms with Crippen molar-refractivity contribution in [2.45, 2.75) is 26.2 Å². The molecule has 1 aromatic heterocycles. The van der Waals surface area contributed by atoms with Crippen molar-refractivity contribution in [3.63, 3.8) is 0 Å². The summed E-state index contributed by atoms with van der Waals surface area (Å²) >= 11 is 6.19. The van der Waals surface area contributed by atoms with Gasteiger partial charge in [-0.3, -0.25) is 9.78 Å². The second kappa shape index (κ2) is 7.18. The van der Waals surface area contributed by atoms with Gasteiger partial charge in [-0.2, -0.15) is 0 Å². The first-order chi connectivity index (χ1) is 11.6. The SMILES string of the molecule is CC(=O)N(C)CC/C=C1/c2ccc(Cl)cc2CCc2cccnc21. The van der Waals surface area contributed by atoms with Crippen LogP contribution in [0.15, 0.2) is 42.6 Å². The topological polar surface area (TPSA) is 33.2 Å². The summed E-state index contributed by atoms with van der Waals surface area (Å²) in [6.45, 7) is 2.29. The van der Waals surface area contributed by atoms with Crippen LogP contribution in [0.2, 0.25) is 5.02 Å². The minimum absolute atomic E-state index is 0.0833. The Hall–Kier alpha value is -2.13. The number of rotatable bonds is 3. The number of aromatic nitrogens is 1. The lowest BCUT2D eigenvalue weighted by atomic mass is 9.96. The fourth-order valence-electron chi connectivity index (χ4n) is 3.08. The third-order valence-corrected chi connectivity index (χ3v) is 4.75. The number of nitrogens with zero attached hydrogens (tertiary/aromatic N) is 2. The van der Waals surface area contributed by atoms with Crippen LogP contribution in [-0.2, 0) is 17.6 Å². The van der Waals surface area contributed by atoms with E-state index in [4.69, 9.17) is 11.6 Å². The molecule has 0 spiro atoms. The Kier molecular flexibility index (Phi) is 5.00. The summed E-state index contributed by atoms with van der Waals surface area (Å²) in [7, 11) is 1.83. The van der Waals surface area contributed by atoms with E-state index >= 15 is 0 Å². The number of halogens is 1. The van der Waals surface area contributed by atoms with E-state index < -0.39 is 0 Å². The van der Waals surface area contributed by atoms with Gasteiger partial charge in [0.05, 0.1) is 5.69 Å². The number of carbonyl (C=O) groups is 1. The van der Waals surface area contributed by atoms with Gasteiger partial charge < -0.3 is 4.90 Å². The molecule has 0 atom stereocenters. The molecule has 1 aliphatic carbocycles. The first-order valence-electron chi connectivity index (χ1n) is 8.21. The van der Waals surface area contributed by atoms with Gasteiger partial charge in [0.2, 0.25) is 5.91 Å². The number of aryl methyl sites for hydroxylation is 2. The predicted molar refractivity (Wildman–Crippen MR) is 98.1 cm³/mol. The Morgan fingerprint density at radius 2 is 2.08 bits per heavy atom. The smallest absolute Gasteiger partial charge is 0.219 e. The van der Waals surface area contributed by atoms with Crippen molar-refractivity contribution in [2.75, 3.05) is 13.6 Å². The van der Waals surface area contributed by atoms with Gasteiger partial charge in [0, 0.05) is 37.3 Å². The zero-order chi connectivity index (χ0) is 17.1. The summed E-state index contributed by atoms with van der Waals surface area (Å²) < 4.78 is 0. The summed E-state index contributed by atoms with van der Waals surface area (Å²) in [6.07, 6.45) is 6.75. The van der Waals surface area contributed by atoms with Gasteiger partial charge in [0.1, 0.15) is 0 Å². The molecule has 4 heteroatoms. The van der Waals surface area contributed by atoms with E-state index in [1.807, 2.05) is 25.4 Å². The van der Waals surface area contributed by atoms with Gasteiger partial charge in [0.15, 0.2) is 0 Å². The molecular formula is C20H21ClN2O. The first-order valence-corrected chi connectivity index (χ1v) is 8.59. The van der Waals surface area contributed by atoms with Crippen molar-refractivity contribution < 1.29 is 4.79 Å². The summed E-state index contributed by atoms with van der Waals surface area (Å²) in [4.78, 5) is 17.8. The summed E-state index contributed by atoms with van der Waals surface area (Å²) in [6, 6.07) is 10.2. The van der Waals surface area contributed by atoms with Crippen LogP contribution in [0.4, 0.5) is 0 Å². The van der Waals surface area contributed by atoms with Crippen molar-refractivity contribution in [2.24, 2.45) is 0 Å². The van der Waals surface area contributed by atoms with Gasteiger partial charge in [-0.15, -0.1) is 0 Å². The van der Waals surface area contributed by atoms with E-state index in [0.29, 0.717) is 6.54 Å². The third-order valence-electron chi connectivity index (χ3n) is 4.52. The molecule has 0 unspecified atom stereocenters. The van der Waals surface area contributed by atoms with Crippen LogP contribution >= 0.6 is 11.6 Å². The summed E-state index contributed by atoms with van der Waals surface area (Å²) in [5.74, 6) is 0.0833. The van der Waals surface area contributed by atoms with Crippen LogP contribution in [-0.4, -0.2) is 29.4 Å². The number of amides is 1. The molecule has 0 saturated heterocycles. The highest BCUT2D eigenvalue weighted by Crippen LogP contribution is 2.33. The highest BCUT2D eigenvalue weighted by Gasteiger charge is 2.19. The average molecular weight is 341 g/mol. The molecule has 124 valence electrons. The van der Waals surface area contributed by atoms with Gasteiger partial charge in [-0.1, -0.05) is 29.8 Å². The highest BCUT2D eigenvalue weighted by atomic mass is 35.5. The van der Waals surface area contributed by atoms with Gasteiger partial charge in [-0.05, 0) is 54.2 Å². The number of hydrogen-bond acceptors (Lipinski definition) is 2. The second-order valence-electron chi connectivity index (χ2n) is 6.16. The normalized spacial score (nSPS) is 14.7. The molecule has 24 heavy (non-hydrogen) atoms. The molecular weight excluding hydrogens is 320 g/mol. The molecule has 0 saturated carbocycles. The molecule has 1 aromatic carbocycles.